The second-order valence-electron chi connectivity index (χ2n) is 3.40. The maximum atomic E-state index is 5.40. The molecule has 0 saturated carbocycles. The monoisotopic (exact) mass is 249 g/mol. The van der Waals surface area contributed by atoms with Gasteiger partial charge in [0, 0.05) is 12.1 Å². The van der Waals surface area contributed by atoms with Crippen molar-refractivity contribution in [1.82, 2.24) is 10.2 Å². The molecule has 1 N–H and O–H groups in total. The molecule has 4 nitrogen and oxygen atoms in total. The van der Waals surface area contributed by atoms with Gasteiger partial charge in [-0.15, -0.1) is 10.2 Å². The quantitative estimate of drug-likeness (QED) is 0.884. The third-order valence-corrected chi connectivity index (χ3v) is 3.10. The van der Waals surface area contributed by atoms with Gasteiger partial charge in [0.1, 0.15) is 10.8 Å². The third-order valence-electron chi connectivity index (χ3n) is 2.17. The molecular weight excluding hydrogens is 234 g/mol. The fourth-order valence-corrected chi connectivity index (χ4v) is 2.24. The highest BCUT2D eigenvalue weighted by atomic mass is 32.1. The van der Waals surface area contributed by atoms with Gasteiger partial charge < -0.3 is 10.1 Å². The van der Waals surface area contributed by atoms with Crippen molar-refractivity contribution in [2.75, 3.05) is 18.5 Å². The fourth-order valence-electron chi connectivity index (χ4n) is 1.42. The standard InChI is InChI=1S/C12H15N3OS/c1-3-13-12-15-14-11(17-12)9-5-7-10(8-6-9)16-4-2/h5-8H,3-4H2,1-2H3,(H,13,15). The van der Waals surface area contributed by atoms with E-state index in [9.17, 15) is 0 Å². The van der Waals surface area contributed by atoms with Crippen molar-refractivity contribution in [2.45, 2.75) is 13.8 Å². The first-order valence-corrected chi connectivity index (χ1v) is 6.45. The van der Waals surface area contributed by atoms with Crippen LogP contribution < -0.4 is 10.1 Å². The first-order valence-electron chi connectivity index (χ1n) is 5.64. The fraction of sp³-hybridized carbons (Fsp3) is 0.333. The molecule has 0 aliphatic rings. The maximum absolute atomic E-state index is 5.40. The summed E-state index contributed by atoms with van der Waals surface area (Å²) >= 11 is 1.56. The summed E-state index contributed by atoms with van der Waals surface area (Å²) in [4.78, 5) is 0. The van der Waals surface area contributed by atoms with E-state index >= 15 is 0 Å². The van der Waals surface area contributed by atoms with Crippen LogP contribution in [-0.4, -0.2) is 23.3 Å². The van der Waals surface area contributed by atoms with Crippen LogP contribution in [0.4, 0.5) is 5.13 Å². The van der Waals surface area contributed by atoms with Crippen molar-refractivity contribution in [3.8, 4) is 16.3 Å². The lowest BCUT2D eigenvalue weighted by molar-refractivity contribution is 0.340. The van der Waals surface area contributed by atoms with E-state index in [-0.39, 0.29) is 0 Å². The summed E-state index contributed by atoms with van der Waals surface area (Å²) in [5, 5.41) is 13.1. The van der Waals surface area contributed by atoms with Crippen molar-refractivity contribution in [3.05, 3.63) is 24.3 Å². The molecule has 0 fully saturated rings. The van der Waals surface area contributed by atoms with E-state index in [0.29, 0.717) is 6.61 Å². The Hall–Kier alpha value is -1.62. The molecule has 2 aromatic rings. The summed E-state index contributed by atoms with van der Waals surface area (Å²) in [6, 6.07) is 7.91. The molecule has 0 radical (unpaired) electrons. The number of benzene rings is 1. The lowest BCUT2D eigenvalue weighted by Gasteiger charge is -2.02. The number of hydrogen-bond acceptors (Lipinski definition) is 5. The van der Waals surface area contributed by atoms with Gasteiger partial charge in [-0.25, -0.2) is 0 Å². The average Bonchev–Trinajstić information content (AvgIpc) is 2.80. The van der Waals surface area contributed by atoms with E-state index in [1.165, 1.54) is 0 Å². The Morgan fingerprint density at radius 3 is 2.59 bits per heavy atom. The van der Waals surface area contributed by atoms with Crippen molar-refractivity contribution in [3.63, 3.8) is 0 Å². The van der Waals surface area contributed by atoms with Gasteiger partial charge in [-0.3, -0.25) is 0 Å². The lowest BCUT2D eigenvalue weighted by Crippen LogP contribution is -1.94. The van der Waals surface area contributed by atoms with Gasteiger partial charge in [0.2, 0.25) is 5.13 Å². The van der Waals surface area contributed by atoms with Crippen molar-refractivity contribution >= 4 is 16.5 Å². The van der Waals surface area contributed by atoms with E-state index < -0.39 is 0 Å². The normalized spacial score (nSPS) is 10.2. The zero-order chi connectivity index (χ0) is 12.1. The van der Waals surface area contributed by atoms with Crippen LogP contribution in [0.15, 0.2) is 24.3 Å². The molecule has 0 spiro atoms. The van der Waals surface area contributed by atoms with Crippen LogP contribution in [-0.2, 0) is 0 Å². The molecule has 0 atom stereocenters. The van der Waals surface area contributed by atoms with Crippen LogP contribution in [0.25, 0.3) is 10.6 Å². The summed E-state index contributed by atoms with van der Waals surface area (Å²) in [6.07, 6.45) is 0. The molecular formula is C12H15N3OS. The smallest absolute Gasteiger partial charge is 0.205 e. The number of nitrogens with zero attached hydrogens (tertiary/aromatic N) is 2. The summed E-state index contributed by atoms with van der Waals surface area (Å²) in [5.74, 6) is 0.882. The summed E-state index contributed by atoms with van der Waals surface area (Å²) < 4.78 is 5.40. The second kappa shape index (κ2) is 5.63. The third kappa shape index (κ3) is 2.94. The van der Waals surface area contributed by atoms with Gasteiger partial charge in [0.15, 0.2) is 0 Å². The van der Waals surface area contributed by atoms with E-state index in [0.717, 1.165) is 28.0 Å². The molecule has 0 bridgehead atoms. The molecule has 1 aromatic heterocycles. The molecule has 5 heteroatoms. The number of anilines is 1. The van der Waals surface area contributed by atoms with E-state index in [1.54, 1.807) is 11.3 Å². The number of nitrogens with one attached hydrogen (secondary N) is 1. The van der Waals surface area contributed by atoms with E-state index in [2.05, 4.69) is 15.5 Å². The number of aromatic nitrogens is 2. The van der Waals surface area contributed by atoms with Crippen LogP contribution in [0.1, 0.15) is 13.8 Å². The molecule has 2 rings (SSSR count). The Morgan fingerprint density at radius 1 is 1.18 bits per heavy atom. The number of hydrogen-bond donors (Lipinski definition) is 1. The van der Waals surface area contributed by atoms with Crippen LogP contribution in [0, 0.1) is 0 Å². The Morgan fingerprint density at radius 2 is 1.94 bits per heavy atom. The molecule has 1 heterocycles. The first-order chi connectivity index (χ1) is 8.33. The van der Waals surface area contributed by atoms with Crippen LogP contribution in [0.2, 0.25) is 0 Å². The Balaban J connectivity index is 2.15. The summed E-state index contributed by atoms with van der Waals surface area (Å²) in [5.41, 5.74) is 1.06. The number of ether oxygens (including phenoxy) is 1. The lowest BCUT2D eigenvalue weighted by atomic mass is 10.2. The highest BCUT2D eigenvalue weighted by molar-refractivity contribution is 7.18. The highest BCUT2D eigenvalue weighted by Gasteiger charge is 2.05. The zero-order valence-corrected chi connectivity index (χ0v) is 10.8. The Bertz CT molecular complexity index is 467. The SMILES string of the molecule is CCNc1nnc(-c2ccc(OCC)cc2)s1. The largest absolute Gasteiger partial charge is 0.494 e. The van der Waals surface area contributed by atoms with Gasteiger partial charge in [0.05, 0.1) is 6.61 Å². The second-order valence-corrected chi connectivity index (χ2v) is 4.38. The van der Waals surface area contributed by atoms with Gasteiger partial charge in [0.25, 0.3) is 0 Å². The van der Waals surface area contributed by atoms with E-state index in [1.807, 2.05) is 38.1 Å². The number of rotatable bonds is 5. The van der Waals surface area contributed by atoms with Crippen LogP contribution in [0.5, 0.6) is 5.75 Å². The van der Waals surface area contributed by atoms with Crippen molar-refractivity contribution < 1.29 is 4.74 Å². The molecule has 0 aliphatic heterocycles. The zero-order valence-electron chi connectivity index (χ0n) is 9.93. The molecule has 0 unspecified atom stereocenters. The molecule has 0 aliphatic carbocycles. The highest BCUT2D eigenvalue weighted by Crippen LogP contribution is 2.27. The molecule has 90 valence electrons. The van der Waals surface area contributed by atoms with Gasteiger partial charge in [-0.05, 0) is 38.1 Å². The Kier molecular flexibility index (Phi) is 3.93. The van der Waals surface area contributed by atoms with Crippen LogP contribution in [0.3, 0.4) is 0 Å². The summed E-state index contributed by atoms with van der Waals surface area (Å²) in [7, 11) is 0. The average molecular weight is 249 g/mol. The Labute approximate surface area is 105 Å². The predicted molar refractivity (Wildman–Crippen MR) is 70.7 cm³/mol. The topological polar surface area (TPSA) is 47.0 Å². The van der Waals surface area contributed by atoms with Crippen molar-refractivity contribution in [2.24, 2.45) is 0 Å². The predicted octanol–water partition coefficient (Wildman–Crippen LogP) is 3.04. The summed E-state index contributed by atoms with van der Waals surface area (Å²) in [6.45, 7) is 5.56. The van der Waals surface area contributed by atoms with Crippen molar-refractivity contribution in [1.29, 1.82) is 0 Å². The minimum absolute atomic E-state index is 0.683. The van der Waals surface area contributed by atoms with Gasteiger partial charge >= 0.3 is 0 Å². The molecule has 0 amide bonds. The molecule has 1 aromatic carbocycles. The minimum atomic E-state index is 0.683. The molecule has 17 heavy (non-hydrogen) atoms. The van der Waals surface area contributed by atoms with E-state index in [4.69, 9.17) is 4.74 Å². The first kappa shape index (κ1) is 11.9. The minimum Gasteiger partial charge on any atom is -0.494 e. The maximum Gasteiger partial charge on any atom is 0.205 e. The van der Waals surface area contributed by atoms with Crippen LogP contribution >= 0.6 is 11.3 Å². The van der Waals surface area contributed by atoms with Gasteiger partial charge in [-0.2, -0.15) is 0 Å². The molecule has 0 saturated heterocycles. The van der Waals surface area contributed by atoms with Gasteiger partial charge in [-0.1, -0.05) is 11.3 Å².